The highest BCUT2D eigenvalue weighted by molar-refractivity contribution is 5.99. The molecule has 3 aromatic rings. The van der Waals surface area contributed by atoms with Crippen molar-refractivity contribution in [3.8, 4) is 17.0 Å². The number of methoxy groups -OCH3 is 1. The number of para-hydroxylation sites is 2. The highest BCUT2D eigenvalue weighted by Gasteiger charge is 2.23. The molecule has 3 rings (SSSR count). The van der Waals surface area contributed by atoms with Gasteiger partial charge in [0.1, 0.15) is 18.0 Å². The van der Waals surface area contributed by atoms with Gasteiger partial charge in [-0.25, -0.2) is 0 Å². The van der Waals surface area contributed by atoms with Gasteiger partial charge in [-0.1, -0.05) is 54.0 Å². The highest BCUT2D eigenvalue weighted by atomic mass is 16.5. The zero-order valence-corrected chi connectivity index (χ0v) is 17.3. The maximum absolute atomic E-state index is 12.9. The van der Waals surface area contributed by atoms with Crippen LogP contribution >= 0.6 is 0 Å². The summed E-state index contributed by atoms with van der Waals surface area (Å²) in [5, 5.41) is 6.80. The van der Waals surface area contributed by atoms with Gasteiger partial charge < -0.3 is 19.5 Å². The van der Waals surface area contributed by atoms with Crippen LogP contribution in [0.25, 0.3) is 11.3 Å². The van der Waals surface area contributed by atoms with Crippen LogP contribution in [-0.4, -0.2) is 42.1 Å². The Balaban J connectivity index is 1.71. The summed E-state index contributed by atoms with van der Waals surface area (Å²) < 4.78 is 10.5. The van der Waals surface area contributed by atoms with E-state index in [1.54, 1.807) is 24.3 Å². The predicted molar refractivity (Wildman–Crippen MR) is 114 cm³/mol. The number of nitrogens with zero attached hydrogens (tertiary/aromatic N) is 2. The first-order valence-corrected chi connectivity index (χ1v) is 9.77. The molecule has 2 aromatic carbocycles. The molecule has 0 aliphatic rings. The van der Waals surface area contributed by atoms with E-state index in [4.69, 9.17) is 9.26 Å². The second-order valence-corrected chi connectivity index (χ2v) is 6.92. The summed E-state index contributed by atoms with van der Waals surface area (Å²) in [4.78, 5) is 26.9. The molecule has 0 fully saturated rings. The summed E-state index contributed by atoms with van der Waals surface area (Å²) in [7, 11) is 1.54. The van der Waals surface area contributed by atoms with E-state index in [1.807, 2.05) is 44.2 Å². The van der Waals surface area contributed by atoms with Gasteiger partial charge in [0, 0.05) is 18.2 Å². The average molecular weight is 407 g/mol. The molecule has 7 nitrogen and oxygen atoms in total. The summed E-state index contributed by atoms with van der Waals surface area (Å²) in [5.41, 5.74) is 3.12. The van der Waals surface area contributed by atoms with Crippen molar-refractivity contribution in [1.29, 1.82) is 0 Å². The number of ether oxygens (including phenoxy) is 1. The molecular weight excluding hydrogens is 382 g/mol. The molecule has 1 N–H and O–H groups in total. The zero-order valence-electron chi connectivity index (χ0n) is 17.3. The molecular formula is C23H25N3O4. The molecule has 0 aliphatic heterocycles. The summed E-state index contributed by atoms with van der Waals surface area (Å²) in [6.07, 6.45) is 0.701. The lowest BCUT2D eigenvalue weighted by Gasteiger charge is -2.20. The van der Waals surface area contributed by atoms with Gasteiger partial charge in [-0.2, -0.15) is 0 Å². The number of carbonyl (C=O) groups is 2. The fourth-order valence-electron chi connectivity index (χ4n) is 3.03. The lowest BCUT2D eigenvalue weighted by molar-refractivity contribution is -0.116. The number of amides is 2. The molecule has 0 unspecified atom stereocenters. The second-order valence-electron chi connectivity index (χ2n) is 6.92. The Kier molecular flexibility index (Phi) is 6.85. The van der Waals surface area contributed by atoms with Crippen molar-refractivity contribution in [2.45, 2.75) is 20.3 Å². The number of aryl methyl sites for hydroxylation is 1. The molecule has 0 spiro atoms. The normalized spacial score (nSPS) is 10.5. The van der Waals surface area contributed by atoms with Crippen LogP contribution in [0.15, 0.2) is 59.1 Å². The molecule has 2 amide bonds. The Bertz CT molecular complexity index is 1010. The summed E-state index contributed by atoms with van der Waals surface area (Å²) in [6, 6.07) is 16.5. The van der Waals surface area contributed by atoms with E-state index in [0.717, 1.165) is 11.1 Å². The minimum absolute atomic E-state index is 0.101. The van der Waals surface area contributed by atoms with E-state index in [1.165, 1.54) is 12.0 Å². The molecule has 0 atom stereocenters. The fraction of sp³-hybridized carbons (Fsp3) is 0.261. The maximum atomic E-state index is 12.9. The monoisotopic (exact) mass is 407 g/mol. The van der Waals surface area contributed by atoms with Gasteiger partial charge in [0.05, 0.1) is 12.8 Å². The molecule has 0 radical (unpaired) electrons. The number of benzene rings is 2. The van der Waals surface area contributed by atoms with Crippen molar-refractivity contribution >= 4 is 17.5 Å². The van der Waals surface area contributed by atoms with Crippen molar-refractivity contribution in [3.63, 3.8) is 0 Å². The first-order chi connectivity index (χ1) is 14.5. The maximum Gasteiger partial charge on any atom is 0.292 e. The smallest absolute Gasteiger partial charge is 0.292 e. The van der Waals surface area contributed by atoms with Gasteiger partial charge in [-0.15, -0.1) is 0 Å². The Morgan fingerprint density at radius 1 is 1.13 bits per heavy atom. The standard InChI is InChI=1S/C23H25N3O4/c1-4-13-26(15-22(27)24-18-7-5-6-8-20(18)29-3)23(28)21-14-19(25-30-21)17-11-9-16(2)10-12-17/h5-12,14H,4,13,15H2,1-3H3,(H,24,27). The lowest BCUT2D eigenvalue weighted by Crippen LogP contribution is -2.38. The van der Waals surface area contributed by atoms with Crippen LogP contribution in [0, 0.1) is 6.92 Å². The third-order valence-electron chi connectivity index (χ3n) is 4.56. The Morgan fingerprint density at radius 3 is 2.57 bits per heavy atom. The van der Waals surface area contributed by atoms with Crippen molar-refractivity contribution < 1.29 is 18.8 Å². The van der Waals surface area contributed by atoms with Crippen molar-refractivity contribution in [2.24, 2.45) is 0 Å². The van der Waals surface area contributed by atoms with E-state index in [2.05, 4.69) is 10.5 Å². The van der Waals surface area contributed by atoms with Crippen molar-refractivity contribution in [1.82, 2.24) is 10.1 Å². The van der Waals surface area contributed by atoms with Crippen LogP contribution < -0.4 is 10.1 Å². The Labute approximate surface area is 175 Å². The summed E-state index contributed by atoms with van der Waals surface area (Å²) in [5.74, 6) is -0.0428. The Hall–Kier alpha value is -3.61. The largest absolute Gasteiger partial charge is 0.495 e. The van der Waals surface area contributed by atoms with E-state index in [9.17, 15) is 9.59 Å². The van der Waals surface area contributed by atoms with E-state index < -0.39 is 0 Å². The highest BCUT2D eigenvalue weighted by Crippen LogP contribution is 2.23. The third-order valence-corrected chi connectivity index (χ3v) is 4.56. The predicted octanol–water partition coefficient (Wildman–Crippen LogP) is 4.15. The molecule has 1 aromatic heterocycles. The SMILES string of the molecule is CCCN(CC(=O)Nc1ccccc1OC)C(=O)c1cc(-c2ccc(C)cc2)no1. The molecule has 0 aliphatic carbocycles. The molecule has 1 heterocycles. The zero-order chi connectivity index (χ0) is 21.5. The number of aromatic nitrogens is 1. The van der Waals surface area contributed by atoms with Gasteiger partial charge in [-0.3, -0.25) is 9.59 Å². The Morgan fingerprint density at radius 2 is 1.87 bits per heavy atom. The van der Waals surface area contributed by atoms with Crippen LogP contribution in [-0.2, 0) is 4.79 Å². The van der Waals surface area contributed by atoms with Gasteiger partial charge in [0.15, 0.2) is 0 Å². The summed E-state index contributed by atoms with van der Waals surface area (Å²) in [6.45, 7) is 4.25. The average Bonchev–Trinajstić information content (AvgIpc) is 3.24. The van der Waals surface area contributed by atoms with Crippen LogP contribution in [0.4, 0.5) is 5.69 Å². The number of carbonyl (C=O) groups excluding carboxylic acids is 2. The van der Waals surface area contributed by atoms with Crippen molar-refractivity contribution in [2.75, 3.05) is 25.5 Å². The summed E-state index contributed by atoms with van der Waals surface area (Å²) >= 11 is 0. The molecule has 0 saturated heterocycles. The third kappa shape index (κ3) is 5.05. The van der Waals surface area contributed by atoms with Gasteiger partial charge >= 0.3 is 0 Å². The molecule has 30 heavy (non-hydrogen) atoms. The van der Waals surface area contributed by atoms with Gasteiger partial charge in [0.25, 0.3) is 5.91 Å². The number of rotatable bonds is 8. The van der Waals surface area contributed by atoms with E-state index >= 15 is 0 Å². The first kappa shape index (κ1) is 21.1. The minimum Gasteiger partial charge on any atom is -0.495 e. The van der Waals surface area contributed by atoms with E-state index in [0.29, 0.717) is 30.1 Å². The molecule has 0 saturated carbocycles. The van der Waals surface area contributed by atoms with Crippen LogP contribution in [0.3, 0.4) is 0 Å². The molecule has 156 valence electrons. The van der Waals surface area contributed by atoms with Crippen LogP contribution in [0.5, 0.6) is 5.75 Å². The fourth-order valence-corrected chi connectivity index (χ4v) is 3.03. The van der Waals surface area contributed by atoms with E-state index in [-0.39, 0.29) is 24.1 Å². The second kappa shape index (κ2) is 9.73. The van der Waals surface area contributed by atoms with Crippen molar-refractivity contribution in [3.05, 3.63) is 65.9 Å². The van der Waals surface area contributed by atoms with Gasteiger partial charge in [0.2, 0.25) is 11.7 Å². The number of hydrogen-bond acceptors (Lipinski definition) is 5. The number of nitrogens with one attached hydrogen (secondary N) is 1. The molecule has 0 bridgehead atoms. The molecule has 7 heteroatoms. The topological polar surface area (TPSA) is 84.7 Å². The lowest BCUT2D eigenvalue weighted by atomic mass is 10.1. The first-order valence-electron chi connectivity index (χ1n) is 9.77. The number of hydrogen-bond donors (Lipinski definition) is 1. The number of anilines is 1. The minimum atomic E-state index is -0.377. The van der Waals surface area contributed by atoms with Crippen LogP contribution in [0.1, 0.15) is 29.5 Å². The van der Waals surface area contributed by atoms with Gasteiger partial charge in [-0.05, 0) is 25.5 Å². The van der Waals surface area contributed by atoms with Crippen LogP contribution in [0.2, 0.25) is 0 Å². The quantitative estimate of drug-likeness (QED) is 0.606.